The van der Waals surface area contributed by atoms with Gasteiger partial charge in [-0.15, -0.1) is 0 Å². The highest BCUT2D eigenvalue weighted by Crippen LogP contribution is 2.17. The lowest BCUT2D eigenvalue weighted by Crippen LogP contribution is -2.12. The van der Waals surface area contributed by atoms with E-state index in [-0.39, 0.29) is 0 Å². The molecule has 96 valence electrons. The van der Waals surface area contributed by atoms with Crippen LogP contribution in [0.3, 0.4) is 0 Å². The summed E-state index contributed by atoms with van der Waals surface area (Å²) in [6, 6.07) is 9.99. The van der Waals surface area contributed by atoms with Gasteiger partial charge in [-0.05, 0) is 46.6 Å². The van der Waals surface area contributed by atoms with Gasteiger partial charge in [-0.2, -0.15) is 0 Å². The van der Waals surface area contributed by atoms with Gasteiger partial charge in [-0.3, -0.25) is 0 Å². The minimum atomic E-state index is 0.691. The third kappa shape index (κ3) is 3.62. The quantitative estimate of drug-likeness (QED) is 0.883. The van der Waals surface area contributed by atoms with E-state index in [9.17, 15) is 0 Å². The molecule has 2 aromatic rings. The van der Waals surface area contributed by atoms with E-state index in [2.05, 4.69) is 27.3 Å². The van der Waals surface area contributed by atoms with Gasteiger partial charge >= 0.3 is 0 Å². The number of hydrogen-bond acceptors (Lipinski definition) is 3. The molecule has 0 fully saturated rings. The molecular weight excluding hydrogens is 294 g/mol. The Kier molecular flexibility index (Phi) is 4.84. The van der Waals surface area contributed by atoms with E-state index in [1.165, 1.54) is 5.56 Å². The van der Waals surface area contributed by atoms with E-state index < -0.39 is 0 Å². The first-order chi connectivity index (χ1) is 8.79. The molecule has 2 rings (SSSR count). The van der Waals surface area contributed by atoms with Gasteiger partial charge in [-0.1, -0.05) is 12.1 Å². The molecule has 0 aliphatic rings. The highest BCUT2D eigenvalue weighted by Gasteiger charge is 2.02. The average Bonchev–Trinajstić information content (AvgIpc) is 2.76. The van der Waals surface area contributed by atoms with Crippen LogP contribution in [0.25, 0.3) is 0 Å². The second-order valence-corrected chi connectivity index (χ2v) is 4.73. The van der Waals surface area contributed by atoms with Crippen LogP contribution >= 0.6 is 15.9 Å². The van der Waals surface area contributed by atoms with Crippen LogP contribution in [-0.4, -0.2) is 6.61 Å². The number of furan rings is 1. The van der Waals surface area contributed by atoms with Crippen LogP contribution < -0.4 is 10.1 Å². The predicted octanol–water partition coefficient (Wildman–Crippen LogP) is 3.73. The van der Waals surface area contributed by atoms with Gasteiger partial charge < -0.3 is 14.5 Å². The molecule has 0 bridgehead atoms. The SMILES string of the molecule is CCOc1cccc(CNCc2occc2Br)c1. The fourth-order valence-electron chi connectivity index (χ4n) is 1.68. The topological polar surface area (TPSA) is 34.4 Å². The highest BCUT2D eigenvalue weighted by atomic mass is 79.9. The third-order valence-electron chi connectivity index (χ3n) is 2.52. The summed E-state index contributed by atoms with van der Waals surface area (Å²) in [6.45, 7) is 4.16. The monoisotopic (exact) mass is 309 g/mol. The summed E-state index contributed by atoms with van der Waals surface area (Å²) in [5.41, 5.74) is 1.20. The zero-order valence-electron chi connectivity index (χ0n) is 10.3. The van der Waals surface area contributed by atoms with Gasteiger partial charge in [0.05, 0.1) is 23.9 Å². The van der Waals surface area contributed by atoms with Gasteiger partial charge in [-0.25, -0.2) is 0 Å². The van der Waals surface area contributed by atoms with Gasteiger partial charge in [0.1, 0.15) is 11.5 Å². The van der Waals surface area contributed by atoms with Gasteiger partial charge in [0.25, 0.3) is 0 Å². The number of rotatable bonds is 6. The van der Waals surface area contributed by atoms with Crippen LogP contribution in [0.2, 0.25) is 0 Å². The van der Waals surface area contributed by atoms with Crippen LogP contribution in [0.5, 0.6) is 5.75 Å². The van der Waals surface area contributed by atoms with Gasteiger partial charge in [0.15, 0.2) is 0 Å². The number of halogens is 1. The molecule has 0 saturated carbocycles. The molecular formula is C14H16BrNO2. The van der Waals surface area contributed by atoms with Crippen LogP contribution in [0.15, 0.2) is 45.5 Å². The Hall–Kier alpha value is -1.26. The van der Waals surface area contributed by atoms with Crippen molar-refractivity contribution in [1.82, 2.24) is 5.32 Å². The number of ether oxygens (including phenoxy) is 1. The number of benzene rings is 1. The summed E-state index contributed by atoms with van der Waals surface area (Å²) < 4.78 is 11.8. The average molecular weight is 310 g/mol. The molecule has 3 nitrogen and oxygen atoms in total. The number of nitrogens with one attached hydrogen (secondary N) is 1. The Morgan fingerprint density at radius 1 is 1.28 bits per heavy atom. The van der Waals surface area contributed by atoms with E-state index in [4.69, 9.17) is 9.15 Å². The molecule has 0 aliphatic heterocycles. The van der Waals surface area contributed by atoms with Gasteiger partial charge in [0.2, 0.25) is 0 Å². The fraction of sp³-hybridized carbons (Fsp3) is 0.286. The molecule has 1 N–H and O–H groups in total. The van der Waals surface area contributed by atoms with Crippen molar-refractivity contribution in [1.29, 1.82) is 0 Å². The first-order valence-electron chi connectivity index (χ1n) is 5.94. The summed E-state index contributed by atoms with van der Waals surface area (Å²) in [4.78, 5) is 0. The summed E-state index contributed by atoms with van der Waals surface area (Å²) in [6.07, 6.45) is 1.68. The maximum Gasteiger partial charge on any atom is 0.131 e. The smallest absolute Gasteiger partial charge is 0.131 e. The standard InChI is InChI=1S/C14H16BrNO2/c1-2-17-12-5-3-4-11(8-12)9-16-10-14-13(15)6-7-18-14/h3-8,16H,2,9-10H2,1H3. The van der Waals surface area contributed by atoms with Crippen molar-refractivity contribution in [2.24, 2.45) is 0 Å². The second-order valence-electron chi connectivity index (χ2n) is 3.88. The van der Waals surface area contributed by atoms with Crippen molar-refractivity contribution < 1.29 is 9.15 Å². The van der Waals surface area contributed by atoms with E-state index in [0.29, 0.717) is 13.2 Å². The summed E-state index contributed by atoms with van der Waals surface area (Å²) in [5, 5.41) is 3.33. The van der Waals surface area contributed by atoms with Crippen molar-refractivity contribution in [3.63, 3.8) is 0 Å². The first kappa shape index (κ1) is 13.2. The lowest BCUT2D eigenvalue weighted by Gasteiger charge is -2.07. The van der Waals surface area contributed by atoms with Crippen LogP contribution in [0, 0.1) is 0 Å². The molecule has 0 atom stereocenters. The largest absolute Gasteiger partial charge is 0.494 e. The Bertz CT molecular complexity index is 496. The van der Waals surface area contributed by atoms with Crippen molar-refractivity contribution >= 4 is 15.9 Å². The predicted molar refractivity (Wildman–Crippen MR) is 74.6 cm³/mol. The van der Waals surface area contributed by atoms with E-state index in [1.807, 2.05) is 31.2 Å². The normalized spacial score (nSPS) is 10.6. The van der Waals surface area contributed by atoms with E-state index in [0.717, 1.165) is 22.5 Å². The van der Waals surface area contributed by atoms with E-state index >= 15 is 0 Å². The summed E-state index contributed by atoms with van der Waals surface area (Å²) >= 11 is 3.43. The first-order valence-corrected chi connectivity index (χ1v) is 6.73. The van der Waals surface area contributed by atoms with Crippen LogP contribution in [0.4, 0.5) is 0 Å². The van der Waals surface area contributed by atoms with E-state index in [1.54, 1.807) is 6.26 Å². The summed E-state index contributed by atoms with van der Waals surface area (Å²) in [7, 11) is 0. The molecule has 0 radical (unpaired) electrons. The lowest BCUT2D eigenvalue weighted by atomic mass is 10.2. The molecule has 0 aliphatic carbocycles. The molecule has 1 aromatic carbocycles. The fourth-order valence-corrected chi connectivity index (χ4v) is 2.03. The van der Waals surface area contributed by atoms with Crippen molar-refractivity contribution in [3.8, 4) is 5.75 Å². The maximum atomic E-state index is 5.46. The molecule has 18 heavy (non-hydrogen) atoms. The Morgan fingerprint density at radius 2 is 2.17 bits per heavy atom. The van der Waals surface area contributed by atoms with Crippen LogP contribution in [0.1, 0.15) is 18.2 Å². The molecule has 4 heteroatoms. The lowest BCUT2D eigenvalue weighted by molar-refractivity contribution is 0.340. The second kappa shape index (κ2) is 6.61. The molecule has 1 aromatic heterocycles. The Labute approximate surface area is 115 Å². The molecule has 0 spiro atoms. The third-order valence-corrected chi connectivity index (χ3v) is 3.22. The minimum absolute atomic E-state index is 0.691. The van der Waals surface area contributed by atoms with Crippen LogP contribution in [-0.2, 0) is 13.1 Å². The molecule has 0 unspecified atom stereocenters. The molecule has 0 saturated heterocycles. The number of hydrogen-bond donors (Lipinski definition) is 1. The molecule has 1 heterocycles. The van der Waals surface area contributed by atoms with Crippen molar-refractivity contribution in [2.45, 2.75) is 20.0 Å². The summed E-state index contributed by atoms with van der Waals surface area (Å²) in [5.74, 6) is 1.83. The zero-order chi connectivity index (χ0) is 12.8. The Balaban J connectivity index is 1.86. The molecule has 0 amide bonds. The minimum Gasteiger partial charge on any atom is -0.494 e. The maximum absolute atomic E-state index is 5.46. The highest BCUT2D eigenvalue weighted by molar-refractivity contribution is 9.10. The van der Waals surface area contributed by atoms with Gasteiger partial charge in [0, 0.05) is 6.54 Å². The Morgan fingerprint density at radius 3 is 2.89 bits per heavy atom. The van der Waals surface area contributed by atoms with Crippen molar-refractivity contribution in [2.75, 3.05) is 6.61 Å². The van der Waals surface area contributed by atoms with Crippen molar-refractivity contribution in [3.05, 3.63) is 52.4 Å². The zero-order valence-corrected chi connectivity index (χ0v) is 11.9.